The van der Waals surface area contributed by atoms with Crippen LogP contribution in [0.3, 0.4) is 0 Å². The molecule has 0 atom stereocenters. The number of carbonyl (C=O) groups is 1. The molecule has 2 aromatic carbocycles. The molecule has 0 N–H and O–H groups in total. The van der Waals surface area contributed by atoms with E-state index in [-0.39, 0.29) is 12.2 Å². The fraction of sp³-hybridized carbons (Fsp3) is 0.125. The Kier molecular flexibility index (Phi) is 3.88. The molecule has 0 aromatic heterocycles. The second-order valence-corrected chi connectivity index (χ2v) is 4.02. The minimum Gasteiger partial charge on any atom is -0.294 e. The van der Waals surface area contributed by atoms with Crippen molar-refractivity contribution in [3.8, 4) is 17.2 Å². The normalized spacial score (nSPS) is 9.72. The number of ketones is 1. The predicted octanol–water partition coefficient (Wildman–Crippen LogP) is 3.84. The predicted molar refractivity (Wildman–Crippen MR) is 71.1 cm³/mol. The molecule has 0 radical (unpaired) electrons. The van der Waals surface area contributed by atoms with Crippen LogP contribution in [0.25, 0.3) is 11.1 Å². The van der Waals surface area contributed by atoms with E-state index in [1.54, 1.807) is 0 Å². The number of rotatable bonds is 4. The number of hydrogen-bond acceptors (Lipinski definition) is 2. The van der Waals surface area contributed by atoms with Gasteiger partial charge in [-0.3, -0.25) is 4.79 Å². The summed E-state index contributed by atoms with van der Waals surface area (Å²) in [6.07, 6.45) is 0.570. The van der Waals surface area contributed by atoms with Gasteiger partial charge in [-0.2, -0.15) is 5.26 Å². The van der Waals surface area contributed by atoms with E-state index in [1.165, 1.54) is 0 Å². The Bertz CT molecular complexity index is 564. The first-order chi connectivity index (χ1) is 8.81. The second-order valence-electron chi connectivity index (χ2n) is 4.02. The van der Waals surface area contributed by atoms with Crippen LogP contribution in [0.4, 0.5) is 0 Å². The van der Waals surface area contributed by atoms with Gasteiger partial charge in [0, 0.05) is 18.4 Å². The van der Waals surface area contributed by atoms with Crippen LogP contribution in [0.2, 0.25) is 0 Å². The number of hydrogen-bond donors (Lipinski definition) is 0. The van der Waals surface area contributed by atoms with Gasteiger partial charge in [-0.05, 0) is 11.1 Å². The Balaban J connectivity index is 2.16. The molecule has 18 heavy (non-hydrogen) atoms. The summed E-state index contributed by atoms with van der Waals surface area (Å²) in [5, 5.41) is 8.45. The van der Waals surface area contributed by atoms with Gasteiger partial charge in [-0.25, -0.2) is 0 Å². The van der Waals surface area contributed by atoms with Gasteiger partial charge in [0.1, 0.15) is 0 Å². The van der Waals surface area contributed by atoms with Crippen LogP contribution in [0.5, 0.6) is 0 Å². The van der Waals surface area contributed by atoms with E-state index in [0.717, 1.165) is 11.1 Å². The number of carbonyl (C=O) groups excluding carboxylic acids is 1. The SMILES string of the molecule is N#CCCC(=O)c1ccc(-c2ccccc2)cc1. The molecule has 0 saturated carbocycles. The summed E-state index contributed by atoms with van der Waals surface area (Å²) in [7, 11) is 0. The zero-order valence-electron chi connectivity index (χ0n) is 9.97. The Hall–Kier alpha value is -2.40. The smallest absolute Gasteiger partial charge is 0.163 e. The van der Waals surface area contributed by atoms with Crippen molar-refractivity contribution in [1.29, 1.82) is 5.26 Å². The molecule has 0 aliphatic rings. The van der Waals surface area contributed by atoms with Crippen LogP contribution in [-0.2, 0) is 0 Å². The third-order valence-electron chi connectivity index (χ3n) is 2.78. The van der Waals surface area contributed by atoms with Gasteiger partial charge in [0.25, 0.3) is 0 Å². The first-order valence-corrected chi connectivity index (χ1v) is 5.87. The topological polar surface area (TPSA) is 40.9 Å². The first kappa shape index (κ1) is 12.1. The van der Waals surface area contributed by atoms with Gasteiger partial charge in [0.15, 0.2) is 5.78 Å². The highest BCUT2D eigenvalue weighted by molar-refractivity contribution is 5.96. The Morgan fingerprint density at radius 2 is 1.56 bits per heavy atom. The number of benzene rings is 2. The molecule has 0 amide bonds. The van der Waals surface area contributed by atoms with E-state index in [4.69, 9.17) is 5.26 Å². The van der Waals surface area contributed by atoms with Crippen molar-refractivity contribution in [2.24, 2.45) is 0 Å². The molecule has 0 aliphatic carbocycles. The maximum Gasteiger partial charge on any atom is 0.163 e. The standard InChI is InChI=1S/C16H13NO/c17-12-4-7-16(18)15-10-8-14(9-11-15)13-5-2-1-3-6-13/h1-3,5-6,8-11H,4,7H2. The summed E-state index contributed by atoms with van der Waals surface area (Å²) in [6.45, 7) is 0. The maximum atomic E-state index is 11.7. The van der Waals surface area contributed by atoms with Crippen molar-refractivity contribution < 1.29 is 4.79 Å². The number of nitrogens with zero attached hydrogens (tertiary/aromatic N) is 1. The van der Waals surface area contributed by atoms with Crippen LogP contribution in [-0.4, -0.2) is 5.78 Å². The van der Waals surface area contributed by atoms with Crippen molar-refractivity contribution in [3.05, 3.63) is 60.2 Å². The van der Waals surface area contributed by atoms with Gasteiger partial charge < -0.3 is 0 Å². The van der Waals surface area contributed by atoms with E-state index < -0.39 is 0 Å². The number of nitriles is 1. The van der Waals surface area contributed by atoms with Crippen molar-refractivity contribution in [2.75, 3.05) is 0 Å². The van der Waals surface area contributed by atoms with Crippen LogP contribution in [0.1, 0.15) is 23.2 Å². The zero-order chi connectivity index (χ0) is 12.8. The molecule has 0 fully saturated rings. The molecule has 0 saturated heterocycles. The molecule has 2 rings (SSSR count). The van der Waals surface area contributed by atoms with Crippen LogP contribution in [0.15, 0.2) is 54.6 Å². The molecular formula is C16H13NO. The molecule has 2 heteroatoms. The zero-order valence-corrected chi connectivity index (χ0v) is 9.97. The summed E-state index contributed by atoms with van der Waals surface area (Å²) in [6, 6.07) is 19.5. The monoisotopic (exact) mass is 235 g/mol. The minimum absolute atomic E-state index is 0.0242. The van der Waals surface area contributed by atoms with Gasteiger partial charge in [0.05, 0.1) is 6.07 Å². The molecule has 88 valence electrons. The fourth-order valence-electron chi connectivity index (χ4n) is 1.79. The van der Waals surface area contributed by atoms with E-state index in [1.807, 2.05) is 60.7 Å². The first-order valence-electron chi connectivity index (χ1n) is 5.87. The van der Waals surface area contributed by atoms with Crippen LogP contribution < -0.4 is 0 Å². The van der Waals surface area contributed by atoms with Gasteiger partial charge in [-0.1, -0.05) is 54.6 Å². The van der Waals surface area contributed by atoms with Gasteiger partial charge in [0.2, 0.25) is 0 Å². The Morgan fingerprint density at radius 1 is 0.944 bits per heavy atom. The molecular weight excluding hydrogens is 222 g/mol. The summed E-state index contributed by atoms with van der Waals surface area (Å²) in [5.41, 5.74) is 2.89. The quantitative estimate of drug-likeness (QED) is 0.755. The molecule has 0 spiro atoms. The minimum atomic E-state index is 0.0242. The average Bonchev–Trinajstić information content (AvgIpc) is 2.46. The van der Waals surface area contributed by atoms with Crippen molar-refractivity contribution in [2.45, 2.75) is 12.8 Å². The van der Waals surface area contributed by atoms with E-state index in [0.29, 0.717) is 12.0 Å². The highest BCUT2D eigenvalue weighted by Crippen LogP contribution is 2.19. The second kappa shape index (κ2) is 5.79. The summed E-state index contributed by atoms with van der Waals surface area (Å²) < 4.78 is 0. The molecule has 0 unspecified atom stereocenters. The van der Waals surface area contributed by atoms with Gasteiger partial charge >= 0.3 is 0 Å². The molecule has 2 nitrogen and oxygen atoms in total. The molecule has 0 aliphatic heterocycles. The van der Waals surface area contributed by atoms with E-state index >= 15 is 0 Å². The fourth-order valence-corrected chi connectivity index (χ4v) is 1.79. The largest absolute Gasteiger partial charge is 0.294 e. The van der Waals surface area contributed by atoms with Gasteiger partial charge in [-0.15, -0.1) is 0 Å². The molecule has 2 aromatic rings. The Morgan fingerprint density at radius 3 is 2.17 bits per heavy atom. The highest BCUT2D eigenvalue weighted by Gasteiger charge is 2.05. The highest BCUT2D eigenvalue weighted by atomic mass is 16.1. The summed E-state index contributed by atoms with van der Waals surface area (Å²) >= 11 is 0. The third kappa shape index (κ3) is 2.83. The number of Topliss-reactive ketones (excluding diaryl/α,β-unsaturated/α-hetero) is 1. The lowest BCUT2D eigenvalue weighted by molar-refractivity contribution is 0.0984. The Labute approximate surface area is 107 Å². The lowest BCUT2D eigenvalue weighted by Crippen LogP contribution is -1.97. The lowest BCUT2D eigenvalue weighted by Gasteiger charge is -2.03. The average molecular weight is 235 g/mol. The van der Waals surface area contributed by atoms with E-state index in [2.05, 4.69) is 0 Å². The summed E-state index contributed by atoms with van der Waals surface area (Å²) in [5.74, 6) is 0.0242. The van der Waals surface area contributed by atoms with Crippen molar-refractivity contribution in [1.82, 2.24) is 0 Å². The third-order valence-corrected chi connectivity index (χ3v) is 2.78. The van der Waals surface area contributed by atoms with Crippen molar-refractivity contribution in [3.63, 3.8) is 0 Å². The summed E-state index contributed by atoms with van der Waals surface area (Å²) in [4.78, 5) is 11.7. The van der Waals surface area contributed by atoms with E-state index in [9.17, 15) is 4.79 Å². The van der Waals surface area contributed by atoms with Crippen LogP contribution >= 0.6 is 0 Å². The lowest BCUT2D eigenvalue weighted by atomic mass is 10.0. The maximum absolute atomic E-state index is 11.7. The molecule has 0 bridgehead atoms. The van der Waals surface area contributed by atoms with Crippen LogP contribution in [0, 0.1) is 11.3 Å². The molecule has 0 heterocycles. The van der Waals surface area contributed by atoms with Crippen molar-refractivity contribution >= 4 is 5.78 Å².